The predicted molar refractivity (Wildman–Crippen MR) is 266 cm³/mol. The van der Waals surface area contributed by atoms with Gasteiger partial charge in [-0.1, -0.05) is 172 Å². The maximum atomic E-state index is 5.42. The van der Waals surface area contributed by atoms with Crippen LogP contribution in [0.25, 0.3) is 111 Å². The molecule has 306 valence electrons. The van der Waals surface area contributed by atoms with Gasteiger partial charge in [-0.05, 0) is 69.8 Å². The molecule has 4 heterocycles. The first-order chi connectivity index (χ1) is 32.0. The van der Waals surface area contributed by atoms with Crippen molar-refractivity contribution >= 4 is 43.6 Å². The van der Waals surface area contributed by atoms with Crippen LogP contribution in [0.1, 0.15) is 25.0 Å². The lowest BCUT2D eigenvalue weighted by Crippen LogP contribution is -2.15. The van der Waals surface area contributed by atoms with E-state index in [1.54, 1.807) is 0 Å². The number of benzene rings is 8. The molecule has 13 rings (SSSR count). The summed E-state index contributed by atoms with van der Waals surface area (Å²) in [4.78, 5) is 20.7. The van der Waals surface area contributed by atoms with Crippen molar-refractivity contribution in [3.8, 4) is 67.8 Å². The summed E-state index contributed by atoms with van der Waals surface area (Å²) in [5.74, 6) is 3.08. The summed E-state index contributed by atoms with van der Waals surface area (Å²) >= 11 is 0. The monoisotopic (exact) mass is 832 g/mol. The fourth-order valence-electron chi connectivity index (χ4n) is 10.3. The summed E-state index contributed by atoms with van der Waals surface area (Å²) in [5.41, 5.74) is 15.2. The van der Waals surface area contributed by atoms with Crippen molar-refractivity contribution in [3.63, 3.8) is 0 Å². The highest BCUT2D eigenvalue weighted by Gasteiger charge is 2.38. The van der Waals surface area contributed by atoms with Crippen molar-refractivity contribution in [3.05, 3.63) is 218 Å². The second kappa shape index (κ2) is 14.3. The van der Waals surface area contributed by atoms with Gasteiger partial charge >= 0.3 is 0 Å². The summed E-state index contributed by atoms with van der Waals surface area (Å²) in [7, 11) is 0. The summed E-state index contributed by atoms with van der Waals surface area (Å²) in [5, 5.41) is 4.73. The van der Waals surface area contributed by atoms with Crippen molar-refractivity contribution in [2.45, 2.75) is 19.3 Å². The van der Waals surface area contributed by atoms with Crippen molar-refractivity contribution in [1.29, 1.82) is 0 Å². The van der Waals surface area contributed by atoms with E-state index in [0.29, 0.717) is 11.6 Å². The van der Waals surface area contributed by atoms with Crippen molar-refractivity contribution in [2.75, 3.05) is 0 Å². The van der Waals surface area contributed by atoms with Gasteiger partial charge in [0.25, 0.3) is 0 Å². The molecule has 0 aliphatic heterocycles. The van der Waals surface area contributed by atoms with Gasteiger partial charge < -0.3 is 0 Å². The minimum Gasteiger partial charge on any atom is -0.293 e. The zero-order valence-electron chi connectivity index (χ0n) is 35.8. The van der Waals surface area contributed by atoms with Gasteiger partial charge in [-0.15, -0.1) is 0 Å². The number of fused-ring (bicyclic) bond motifs is 9. The molecule has 0 N–H and O–H groups in total. The van der Waals surface area contributed by atoms with E-state index in [4.69, 9.17) is 19.9 Å². The molecular formula is C59H40N6. The molecule has 0 spiro atoms. The van der Waals surface area contributed by atoms with E-state index in [1.165, 1.54) is 43.8 Å². The molecular weight excluding hydrogens is 793 g/mol. The number of nitrogens with zero attached hydrogens (tertiary/aromatic N) is 6. The molecule has 6 heteroatoms. The van der Waals surface area contributed by atoms with Gasteiger partial charge in [-0.2, -0.15) is 0 Å². The molecule has 4 aromatic heterocycles. The van der Waals surface area contributed by atoms with Gasteiger partial charge in [-0.3, -0.25) is 9.13 Å². The Balaban J connectivity index is 1.07. The molecule has 0 amide bonds. The third-order valence-corrected chi connectivity index (χ3v) is 13.5. The molecule has 0 atom stereocenters. The molecule has 8 aromatic carbocycles. The highest BCUT2D eigenvalue weighted by Crippen LogP contribution is 2.53. The smallest absolute Gasteiger partial charge is 0.161 e. The second-order valence-electron chi connectivity index (χ2n) is 17.5. The molecule has 0 fully saturated rings. The lowest BCUT2D eigenvalue weighted by molar-refractivity contribution is 0.661. The first kappa shape index (κ1) is 37.1. The van der Waals surface area contributed by atoms with Crippen LogP contribution in [0.5, 0.6) is 0 Å². The highest BCUT2D eigenvalue weighted by molar-refractivity contribution is 6.15. The number of hydrogen-bond acceptors (Lipinski definition) is 4. The van der Waals surface area contributed by atoms with Crippen LogP contribution < -0.4 is 0 Å². The summed E-state index contributed by atoms with van der Waals surface area (Å²) in [6.45, 7) is 4.74. The van der Waals surface area contributed by atoms with Gasteiger partial charge in [0.1, 0.15) is 11.6 Å². The Morgan fingerprint density at radius 2 is 0.692 bits per heavy atom. The van der Waals surface area contributed by atoms with E-state index in [2.05, 4.69) is 181 Å². The topological polar surface area (TPSA) is 61.4 Å². The fourth-order valence-corrected chi connectivity index (χ4v) is 10.3. The first-order valence-corrected chi connectivity index (χ1v) is 22.1. The molecule has 0 bridgehead atoms. The van der Waals surface area contributed by atoms with Gasteiger partial charge in [0.05, 0.1) is 22.1 Å². The second-order valence-corrected chi connectivity index (χ2v) is 17.5. The third-order valence-electron chi connectivity index (χ3n) is 13.5. The largest absolute Gasteiger partial charge is 0.293 e. The van der Waals surface area contributed by atoms with Gasteiger partial charge in [0, 0.05) is 61.6 Å². The van der Waals surface area contributed by atoms with Crippen LogP contribution in [0, 0.1) is 0 Å². The maximum absolute atomic E-state index is 5.42. The van der Waals surface area contributed by atoms with Gasteiger partial charge in [-0.25, -0.2) is 19.9 Å². The average Bonchev–Trinajstić information content (AvgIpc) is 3.95. The number of para-hydroxylation sites is 2. The molecule has 65 heavy (non-hydrogen) atoms. The van der Waals surface area contributed by atoms with Crippen LogP contribution in [0.15, 0.2) is 207 Å². The fraction of sp³-hybridized carbons (Fsp3) is 0.0508. The Kier molecular flexibility index (Phi) is 8.15. The summed E-state index contributed by atoms with van der Waals surface area (Å²) in [6, 6.07) is 68.7. The molecule has 0 saturated heterocycles. The Morgan fingerprint density at radius 1 is 0.338 bits per heavy atom. The Morgan fingerprint density at radius 3 is 1.09 bits per heavy atom. The van der Waals surface area contributed by atoms with E-state index in [9.17, 15) is 0 Å². The molecule has 1 aliphatic carbocycles. The maximum Gasteiger partial charge on any atom is 0.161 e. The normalized spacial score (nSPS) is 12.9. The van der Waals surface area contributed by atoms with Crippen molar-refractivity contribution < 1.29 is 0 Å². The molecule has 1 aliphatic rings. The third kappa shape index (κ3) is 5.67. The zero-order valence-corrected chi connectivity index (χ0v) is 35.8. The standard InChI is InChI=1S/C59H40N6/c1-59(2)49-33-53-45(41-27-15-17-29-51(41)64(53)57-47(37-19-7-3-8-20-37)35-60-55(62-57)39-23-11-5-12-24-39)31-43(49)44-32-46-42-28-16-18-30-52(42)65(54(46)34-50(44)59)58-48(38-21-9-4-10-22-38)36-61-56(63-58)40-25-13-6-14-26-40/h3-36H,1-2H3. The lowest BCUT2D eigenvalue weighted by Gasteiger charge is -2.22. The summed E-state index contributed by atoms with van der Waals surface area (Å²) < 4.78 is 4.73. The number of hydrogen-bond donors (Lipinski definition) is 0. The molecule has 12 aromatic rings. The van der Waals surface area contributed by atoms with Crippen LogP contribution in [0.2, 0.25) is 0 Å². The van der Waals surface area contributed by atoms with E-state index in [1.807, 2.05) is 48.8 Å². The Hall–Kier alpha value is -8.48. The van der Waals surface area contributed by atoms with Crippen molar-refractivity contribution in [1.82, 2.24) is 29.1 Å². The zero-order chi connectivity index (χ0) is 43.2. The van der Waals surface area contributed by atoms with Crippen molar-refractivity contribution in [2.24, 2.45) is 0 Å². The van der Waals surface area contributed by atoms with E-state index >= 15 is 0 Å². The summed E-state index contributed by atoms with van der Waals surface area (Å²) in [6.07, 6.45) is 3.98. The van der Waals surface area contributed by atoms with Crippen LogP contribution in [-0.2, 0) is 5.41 Å². The van der Waals surface area contributed by atoms with Gasteiger partial charge in [0.2, 0.25) is 0 Å². The predicted octanol–water partition coefficient (Wildman–Crippen LogP) is 14.4. The number of aromatic nitrogens is 6. The molecule has 0 unspecified atom stereocenters. The van der Waals surface area contributed by atoms with Gasteiger partial charge in [0.15, 0.2) is 11.6 Å². The van der Waals surface area contributed by atoms with Crippen LogP contribution in [0.4, 0.5) is 0 Å². The van der Waals surface area contributed by atoms with Crippen LogP contribution >= 0.6 is 0 Å². The molecule has 6 nitrogen and oxygen atoms in total. The SMILES string of the molecule is CC1(C)c2cc3c(cc2-c2cc4c5ccccc5n(-c5nc(-c6ccccc6)ncc5-c5ccccc5)c4cc21)c1ccccc1n3-c1nc(-c2ccccc2)ncc1-c1ccccc1. The molecule has 0 radical (unpaired) electrons. The Labute approximate surface area is 375 Å². The van der Waals surface area contributed by atoms with E-state index < -0.39 is 0 Å². The average molecular weight is 833 g/mol. The van der Waals surface area contributed by atoms with Crippen LogP contribution in [-0.4, -0.2) is 29.1 Å². The molecule has 0 saturated carbocycles. The lowest BCUT2D eigenvalue weighted by atomic mass is 9.82. The minimum atomic E-state index is -0.345. The van der Waals surface area contributed by atoms with Crippen LogP contribution in [0.3, 0.4) is 0 Å². The minimum absolute atomic E-state index is 0.345. The Bertz CT molecular complexity index is 3580. The first-order valence-electron chi connectivity index (χ1n) is 22.1. The highest BCUT2D eigenvalue weighted by atomic mass is 15.1. The van der Waals surface area contributed by atoms with E-state index in [0.717, 1.165) is 67.1 Å². The number of rotatable bonds is 6. The quantitative estimate of drug-likeness (QED) is 0.167. The van der Waals surface area contributed by atoms with E-state index in [-0.39, 0.29) is 5.41 Å².